The van der Waals surface area contributed by atoms with Gasteiger partial charge in [0.15, 0.2) is 6.04 Å². The van der Waals surface area contributed by atoms with E-state index < -0.39 is 0 Å². The second-order valence-electron chi connectivity index (χ2n) is 6.62. The van der Waals surface area contributed by atoms with Crippen LogP contribution in [-0.2, 0) is 13.1 Å². The lowest BCUT2D eigenvalue weighted by Crippen LogP contribution is -2.25. The van der Waals surface area contributed by atoms with E-state index in [2.05, 4.69) is 91.0 Å². The Labute approximate surface area is 138 Å². The van der Waals surface area contributed by atoms with Gasteiger partial charge >= 0.3 is 0 Å². The number of benzene rings is 3. The van der Waals surface area contributed by atoms with Gasteiger partial charge in [-0.1, -0.05) is 91.0 Å². The number of hydrogen-bond donors (Lipinski definition) is 0. The van der Waals surface area contributed by atoms with Crippen LogP contribution in [0.25, 0.3) is 0 Å². The average Bonchev–Trinajstić information content (AvgIpc) is 3.31. The molecule has 1 heteroatoms. The van der Waals surface area contributed by atoms with Crippen molar-refractivity contribution in [3.05, 3.63) is 108 Å². The zero-order valence-electron chi connectivity index (χ0n) is 13.3. The van der Waals surface area contributed by atoms with Crippen LogP contribution < -0.4 is 0 Å². The Hall–Kier alpha value is -2.38. The summed E-state index contributed by atoms with van der Waals surface area (Å²) in [5.41, 5.74) is 4.34. The molecule has 4 rings (SSSR count). The van der Waals surface area contributed by atoms with Crippen LogP contribution in [-0.4, -0.2) is 11.0 Å². The first-order valence-electron chi connectivity index (χ1n) is 8.34. The number of rotatable bonds is 5. The number of hydrogen-bond acceptors (Lipinski definition) is 0. The SMILES string of the molecule is c1ccc(C[N+]2(Cc3ccccc3)C[C@H]2c2ccccc2)cc1. The Morgan fingerprint density at radius 2 is 1.04 bits per heavy atom. The molecule has 114 valence electrons. The summed E-state index contributed by atoms with van der Waals surface area (Å²) in [5, 5.41) is 0. The molecule has 1 aliphatic rings. The largest absolute Gasteiger partial charge is 0.300 e. The molecular weight excluding hydrogens is 278 g/mol. The molecule has 1 saturated heterocycles. The van der Waals surface area contributed by atoms with Crippen LogP contribution in [0.5, 0.6) is 0 Å². The van der Waals surface area contributed by atoms with Gasteiger partial charge in [-0.3, -0.25) is 4.48 Å². The van der Waals surface area contributed by atoms with Crippen LogP contribution >= 0.6 is 0 Å². The Balaban J connectivity index is 1.62. The molecule has 1 atom stereocenters. The van der Waals surface area contributed by atoms with Gasteiger partial charge in [-0.25, -0.2) is 0 Å². The molecule has 1 aliphatic heterocycles. The predicted molar refractivity (Wildman–Crippen MR) is 94.6 cm³/mol. The van der Waals surface area contributed by atoms with Crippen molar-refractivity contribution in [3.8, 4) is 0 Å². The zero-order valence-corrected chi connectivity index (χ0v) is 13.3. The first-order chi connectivity index (χ1) is 11.4. The minimum atomic E-state index is 0.622. The molecule has 1 heterocycles. The number of quaternary nitrogens is 1. The third-order valence-corrected chi connectivity index (χ3v) is 4.93. The molecule has 0 unspecified atom stereocenters. The highest BCUT2D eigenvalue weighted by Gasteiger charge is 2.55. The van der Waals surface area contributed by atoms with Gasteiger partial charge < -0.3 is 0 Å². The third-order valence-electron chi connectivity index (χ3n) is 4.93. The minimum Gasteiger partial charge on any atom is -0.300 e. The van der Waals surface area contributed by atoms with E-state index in [1.807, 2.05) is 0 Å². The Morgan fingerprint density at radius 1 is 0.609 bits per heavy atom. The average molecular weight is 300 g/mol. The minimum absolute atomic E-state index is 0.622. The zero-order chi connectivity index (χ0) is 15.5. The fourth-order valence-electron chi connectivity index (χ4n) is 3.69. The summed E-state index contributed by atoms with van der Waals surface area (Å²) in [7, 11) is 0. The van der Waals surface area contributed by atoms with Crippen LogP contribution in [0.4, 0.5) is 0 Å². The molecule has 3 aromatic carbocycles. The molecular formula is C22H22N+. The maximum absolute atomic E-state index is 2.28. The van der Waals surface area contributed by atoms with Crippen molar-refractivity contribution in [2.75, 3.05) is 6.54 Å². The maximum atomic E-state index is 2.28. The van der Waals surface area contributed by atoms with E-state index in [9.17, 15) is 0 Å². The van der Waals surface area contributed by atoms with E-state index in [-0.39, 0.29) is 0 Å². The Morgan fingerprint density at radius 3 is 1.52 bits per heavy atom. The molecule has 0 N–H and O–H groups in total. The van der Waals surface area contributed by atoms with Crippen molar-refractivity contribution in [1.29, 1.82) is 0 Å². The summed E-state index contributed by atoms with van der Waals surface area (Å²) in [6.45, 7) is 3.44. The van der Waals surface area contributed by atoms with Crippen molar-refractivity contribution in [2.45, 2.75) is 19.1 Å². The van der Waals surface area contributed by atoms with Crippen molar-refractivity contribution >= 4 is 0 Å². The lowest BCUT2D eigenvalue weighted by molar-refractivity contribution is -0.845. The van der Waals surface area contributed by atoms with Crippen LogP contribution in [0.3, 0.4) is 0 Å². The topological polar surface area (TPSA) is 0 Å². The van der Waals surface area contributed by atoms with E-state index in [1.165, 1.54) is 23.2 Å². The van der Waals surface area contributed by atoms with E-state index in [4.69, 9.17) is 0 Å². The summed E-state index contributed by atoms with van der Waals surface area (Å²) in [4.78, 5) is 0. The van der Waals surface area contributed by atoms with E-state index in [1.54, 1.807) is 0 Å². The summed E-state index contributed by atoms with van der Waals surface area (Å²) < 4.78 is 1.14. The molecule has 0 spiro atoms. The summed E-state index contributed by atoms with van der Waals surface area (Å²) >= 11 is 0. The van der Waals surface area contributed by atoms with Crippen molar-refractivity contribution < 1.29 is 4.48 Å². The van der Waals surface area contributed by atoms with Gasteiger partial charge in [0.1, 0.15) is 19.6 Å². The molecule has 1 fully saturated rings. The maximum Gasteiger partial charge on any atom is 0.165 e. The molecule has 3 aromatic rings. The van der Waals surface area contributed by atoms with Gasteiger partial charge in [0.25, 0.3) is 0 Å². The van der Waals surface area contributed by atoms with E-state index in [0.29, 0.717) is 6.04 Å². The lowest BCUT2D eigenvalue weighted by Gasteiger charge is -2.21. The molecule has 0 aromatic heterocycles. The fraction of sp³-hybridized carbons (Fsp3) is 0.182. The Kier molecular flexibility index (Phi) is 3.72. The summed E-state index contributed by atoms with van der Waals surface area (Å²) in [5.74, 6) is 0. The fourth-order valence-corrected chi connectivity index (χ4v) is 3.69. The first-order valence-corrected chi connectivity index (χ1v) is 8.34. The monoisotopic (exact) mass is 300 g/mol. The second kappa shape index (κ2) is 6.02. The molecule has 0 aliphatic carbocycles. The summed E-state index contributed by atoms with van der Waals surface area (Å²) in [6.07, 6.45) is 0. The van der Waals surface area contributed by atoms with Gasteiger partial charge in [-0.15, -0.1) is 0 Å². The van der Waals surface area contributed by atoms with Gasteiger partial charge in [0.2, 0.25) is 0 Å². The van der Waals surface area contributed by atoms with Gasteiger partial charge in [-0.05, 0) is 0 Å². The lowest BCUT2D eigenvalue weighted by atomic mass is 10.1. The second-order valence-corrected chi connectivity index (χ2v) is 6.62. The molecule has 23 heavy (non-hydrogen) atoms. The quantitative estimate of drug-likeness (QED) is 0.461. The van der Waals surface area contributed by atoms with Crippen LogP contribution in [0.1, 0.15) is 22.7 Å². The van der Waals surface area contributed by atoms with Crippen LogP contribution in [0.2, 0.25) is 0 Å². The highest BCUT2D eigenvalue weighted by atomic mass is 15.5. The van der Waals surface area contributed by atoms with Gasteiger partial charge in [0.05, 0.1) is 0 Å². The van der Waals surface area contributed by atoms with Crippen molar-refractivity contribution in [1.82, 2.24) is 0 Å². The molecule has 0 amide bonds. The molecule has 0 radical (unpaired) electrons. The van der Waals surface area contributed by atoms with Crippen molar-refractivity contribution in [2.24, 2.45) is 0 Å². The highest BCUT2D eigenvalue weighted by Crippen LogP contribution is 2.48. The molecule has 1 nitrogen and oxygen atoms in total. The molecule has 0 saturated carbocycles. The summed E-state index contributed by atoms with van der Waals surface area (Å²) in [6, 6.07) is 33.4. The predicted octanol–water partition coefficient (Wildman–Crippen LogP) is 4.96. The van der Waals surface area contributed by atoms with E-state index >= 15 is 0 Å². The standard InChI is InChI=1S/C22H22N/c1-4-10-19(11-5-1)16-23(17-20-12-6-2-7-13-20)18-22(23)21-14-8-3-9-15-21/h1-15,22H,16-18H2/q+1/t22-/m0/s1. The van der Waals surface area contributed by atoms with Crippen LogP contribution in [0, 0.1) is 0 Å². The van der Waals surface area contributed by atoms with Gasteiger partial charge in [-0.2, -0.15) is 0 Å². The van der Waals surface area contributed by atoms with E-state index in [0.717, 1.165) is 17.6 Å². The van der Waals surface area contributed by atoms with Crippen molar-refractivity contribution in [3.63, 3.8) is 0 Å². The van der Waals surface area contributed by atoms with Crippen LogP contribution in [0.15, 0.2) is 91.0 Å². The van der Waals surface area contributed by atoms with Gasteiger partial charge in [0, 0.05) is 16.7 Å². The highest BCUT2D eigenvalue weighted by molar-refractivity contribution is 5.22. The Bertz CT molecular complexity index is 708. The third kappa shape index (κ3) is 3.06. The first kappa shape index (κ1) is 14.2. The number of nitrogens with zero attached hydrogens (tertiary/aromatic N) is 1. The smallest absolute Gasteiger partial charge is 0.165 e. The normalized spacial score (nSPS) is 18.5. The molecule has 0 bridgehead atoms.